The fraction of sp³-hybridized carbons (Fsp3) is 0.310. The number of rotatable bonds is 2. The van der Waals surface area contributed by atoms with Gasteiger partial charge in [-0.25, -0.2) is 8.78 Å². The minimum Gasteiger partial charge on any atom is -0.507 e. The first-order valence-electron chi connectivity index (χ1n) is 11.0. The summed E-state index contributed by atoms with van der Waals surface area (Å²) in [5, 5.41) is 11.4. The quantitative estimate of drug-likeness (QED) is 0.434. The molecule has 0 saturated heterocycles. The molecule has 1 nitrogen and oxygen atoms in total. The largest absolute Gasteiger partial charge is 0.507 e. The van der Waals surface area contributed by atoms with E-state index < -0.39 is 11.6 Å². The van der Waals surface area contributed by atoms with Gasteiger partial charge in [0.1, 0.15) is 17.4 Å². The van der Waals surface area contributed by atoms with E-state index in [1.165, 1.54) is 12.1 Å². The summed E-state index contributed by atoms with van der Waals surface area (Å²) < 4.78 is 28.7. The van der Waals surface area contributed by atoms with Crippen LogP contribution < -0.4 is 0 Å². The number of halogens is 2. The fourth-order valence-electron chi connectivity index (χ4n) is 4.38. The average molecular weight is 433 g/mol. The lowest BCUT2D eigenvalue weighted by molar-refractivity contribution is 0.446. The van der Waals surface area contributed by atoms with Crippen LogP contribution in [0.2, 0.25) is 0 Å². The van der Waals surface area contributed by atoms with E-state index >= 15 is 0 Å². The molecule has 0 heterocycles. The van der Waals surface area contributed by atoms with Crippen LogP contribution >= 0.6 is 0 Å². The molecule has 3 aromatic rings. The highest BCUT2D eigenvalue weighted by Gasteiger charge is 2.28. The van der Waals surface area contributed by atoms with Gasteiger partial charge in [0, 0.05) is 28.7 Å². The van der Waals surface area contributed by atoms with Gasteiger partial charge in [-0.2, -0.15) is 0 Å². The summed E-state index contributed by atoms with van der Waals surface area (Å²) in [6.07, 6.45) is 2.06. The number of allylic oxidation sites excluding steroid dienone is 1. The molecule has 166 valence electrons. The van der Waals surface area contributed by atoms with E-state index in [0.717, 1.165) is 33.4 Å². The van der Waals surface area contributed by atoms with Crippen LogP contribution in [-0.4, -0.2) is 5.11 Å². The Hall–Kier alpha value is -2.94. The predicted molar refractivity (Wildman–Crippen MR) is 129 cm³/mol. The molecule has 3 aromatic carbocycles. The summed E-state index contributed by atoms with van der Waals surface area (Å²) in [5.74, 6) is -0.550. The second kappa shape index (κ2) is 7.58. The van der Waals surface area contributed by atoms with Crippen LogP contribution in [0.1, 0.15) is 69.4 Å². The highest BCUT2D eigenvalue weighted by Crippen LogP contribution is 2.45. The monoisotopic (exact) mass is 432 g/mol. The predicted octanol–water partition coefficient (Wildman–Crippen LogP) is 8.03. The summed E-state index contributed by atoms with van der Waals surface area (Å²) in [6, 6.07) is 14.3. The van der Waals surface area contributed by atoms with E-state index in [1.807, 2.05) is 30.3 Å². The van der Waals surface area contributed by atoms with Crippen LogP contribution in [0.3, 0.4) is 0 Å². The number of phenols is 1. The maximum Gasteiger partial charge on any atom is 0.130 e. The number of fused-ring (bicyclic) bond motifs is 1. The van der Waals surface area contributed by atoms with Crippen LogP contribution in [0.15, 0.2) is 48.5 Å². The molecule has 0 aromatic heterocycles. The van der Waals surface area contributed by atoms with Crippen molar-refractivity contribution in [3.8, 4) is 16.9 Å². The summed E-state index contributed by atoms with van der Waals surface area (Å²) in [5.41, 5.74) is 5.70. The molecule has 0 atom stereocenters. The van der Waals surface area contributed by atoms with Gasteiger partial charge in [0.05, 0.1) is 0 Å². The summed E-state index contributed by atoms with van der Waals surface area (Å²) in [4.78, 5) is 0. The fourth-order valence-corrected chi connectivity index (χ4v) is 4.38. The van der Waals surface area contributed by atoms with Crippen molar-refractivity contribution in [2.24, 2.45) is 0 Å². The number of hydrogen-bond donors (Lipinski definition) is 1. The molecule has 0 unspecified atom stereocenters. The van der Waals surface area contributed by atoms with Crippen LogP contribution in [0, 0.1) is 11.6 Å². The van der Waals surface area contributed by atoms with Gasteiger partial charge in [-0.3, -0.25) is 0 Å². The minimum absolute atomic E-state index is 0.105. The van der Waals surface area contributed by atoms with Crippen LogP contribution in [0.5, 0.6) is 5.75 Å². The first kappa shape index (κ1) is 22.3. The summed E-state index contributed by atoms with van der Waals surface area (Å²) in [6.45, 7) is 12.7. The lowest BCUT2D eigenvalue weighted by Gasteiger charge is -2.28. The van der Waals surface area contributed by atoms with Crippen molar-refractivity contribution < 1.29 is 13.9 Å². The van der Waals surface area contributed by atoms with Crippen molar-refractivity contribution in [1.29, 1.82) is 0 Å². The molecule has 0 radical (unpaired) electrons. The van der Waals surface area contributed by atoms with E-state index in [0.29, 0.717) is 17.5 Å². The topological polar surface area (TPSA) is 20.2 Å². The molecule has 0 amide bonds. The third-order valence-corrected chi connectivity index (χ3v) is 6.28. The lowest BCUT2D eigenvalue weighted by atomic mass is 9.77. The Morgan fingerprint density at radius 1 is 0.750 bits per heavy atom. The molecule has 4 rings (SSSR count). The van der Waals surface area contributed by atoms with Gasteiger partial charge in [-0.15, -0.1) is 0 Å². The lowest BCUT2D eigenvalue weighted by Crippen LogP contribution is -2.17. The van der Waals surface area contributed by atoms with Crippen molar-refractivity contribution in [3.05, 3.63) is 88.0 Å². The van der Waals surface area contributed by atoms with Crippen LogP contribution in [0.25, 0.3) is 22.8 Å². The third-order valence-electron chi connectivity index (χ3n) is 6.28. The van der Waals surface area contributed by atoms with Crippen molar-refractivity contribution in [3.63, 3.8) is 0 Å². The number of benzene rings is 3. The van der Waals surface area contributed by atoms with Gasteiger partial charge in [-0.1, -0.05) is 71.9 Å². The first-order chi connectivity index (χ1) is 14.9. The molecule has 0 spiro atoms. The van der Waals surface area contributed by atoms with E-state index in [4.69, 9.17) is 0 Å². The molecule has 32 heavy (non-hydrogen) atoms. The van der Waals surface area contributed by atoms with E-state index in [9.17, 15) is 13.9 Å². The zero-order valence-corrected chi connectivity index (χ0v) is 19.6. The molecule has 3 heteroatoms. The second-order valence-electron chi connectivity index (χ2n) is 10.7. The zero-order valence-electron chi connectivity index (χ0n) is 19.6. The van der Waals surface area contributed by atoms with Crippen molar-refractivity contribution >= 4 is 11.6 Å². The van der Waals surface area contributed by atoms with Crippen LogP contribution in [-0.2, 0) is 17.3 Å². The SMILES string of the molecule is CC(C)(C)c1cc(-c2ccccc2C2=Cc3c(F)ccc(F)c3C2)c(O)c(C(C)(C)C)c1. The van der Waals surface area contributed by atoms with Gasteiger partial charge in [-0.05, 0) is 57.4 Å². The Morgan fingerprint density at radius 2 is 1.38 bits per heavy atom. The van der Waals surface area contributed by atoms with Crippen molar-refractivity contribution in [2.75, 3.05) is 0 Å². The summed E-state index contributed by atoms with van der Waals surface area (Å²) >= 11 is 0. The normalized spacial score (nSPS) is 13.8. The number of phenolic OH excluding ortho intramolecular Hbond substituents is 1. The van der Waals surface area contributed by atoms with Crippen molar-refractivity contribution in [1.82, 2.24) is 0 Å². The highest BCUT2D eigenvalue weighted by atomic mass is 19.1. The Kier molecular flexibility index (Phi) is 5.27. The molecule has 0 saturated carbocycles. The zero-order chi connectivity index (χ0) is 23.4. The van der Waals surface area contributed by atoms with E-state index in [2.05, 4.69) is 47.6 Å². The van der Waals surface area contributed by atoms with Gasteiger partial charge >= 0.3 is 0 Å². The molecule has 1 aliphatic carbocycles. The number of aromatic hydroxyl groups is 1. The molecular weight excluding hydrogens is 402 g/mol. The average Bonchev–Trinajstić information content (AvgIpc) is 3.16. The highest BCUT2D eigenvalue weighted by molar-refractivity contribution is 5.95. The maximum absolute atomic E-state index is 14.4. The Balaban J connectivity index is 1.94. The standard InChI is InChI=1S/C29H30F2O/c1-28(2,3)18-15-23(27(32)24(16-18)29(4,5)6)20-10-8-7-9-19(20)17-13-21-22(14-17)26(31)12-11-25(21)30/h7-13,15-16,32H,14H2,1-6H3. The van der Waals surface area contributed by atoms with Gasteiger partial charge in [0.2, 0.25) is 0 Å². The molecule has 0 fully saturated rings. The molecular formula is C29H30F2O. The molecule has 0 aliphatic heterocycles. The van der Waals surface area contributed by atoms with Gasteiger partial charge < -0.3 is 5.11 Å². The van der Waals surface area contributed by atoms with E-state index in [-0.39, 0.29) is 16.6 Å². The van der Waals surface area contributed by atoms with E-state index in [1.54, 1.807) is 6.08 Å². The molecule has 0 bridgehead atoms. The smallest absolute Gasteiger partial charge is 0.130 e. The van der Waals surface area contributed by atoms with Crippen LogP contribution in [0.4, 0.5) is 8.78 Å². The summed E-state index contributed by atoms with van der Waals surface area (Å²) in [7, 11) is 0. The third kappa shape index (κ3) is 3.85. The molecule has 1 N–H and O–H groups in total. The van der Waals surface area contributed by atoms with Gasteiger partial charge in [0.25, 0.3) is 0 Å². The number of hydrogen-bond acceptors (Lipinski definition) is 1. The Morgan fingerprint density at radius 3 is 1.97 bits per heavy atom. The Bertz CT molecular complexity index is 1240. The molecule has 1 aliphatic rings. The minimum atomic E-state index is -0.415. The second-order valence-corrected chi connectivity index (χ2v) is 10.7. The Labute approximate surface area is 189 Å². The first-order valence-corrected chi connectivity index (χ1v) is 11.0. The van der Waals surface area contributed by atoms with Crippen molar-refractivity contribution in [2.45, 2.75) is 58.8 Å². The van der Waals surface area contributed by atoms with Gasteiger partial charge in [0.15, 0.2) is 0 Å². The maximum atomic E-state index is 14.4.